The molecule has 0 atom stereocenters. The van der Waals surface area contributed by atoms with E-state index >= 15 is 0 Å². The molecule has 118 valence electrons. The first-order valence-corrected chi connectivity index (χ1v) is 8.78. The van der Waals surface area contributed by atoms with Crippen molar-refractivity contribution in [3.63, 3.8) is 0 Å². The van der Waals surface area contributed by atoms with E-state index in [1.807, 2.05) is 19.1 Å². The summed E-state index contributed by atoms with van der Waals surface area (Å²) in [5.41, 5.74) is 2.42. The SMILES string of the molecule is Cc1ccc(Nc2c(F)cccc2Cl)c(CNS(C)(=O)=O)c1. The molecular weight excluding hydrogens is 327 g/mol. The third-order valence-corrected chi connectivity index (χ3v) is 3.99. The molecule has 7 heteroatoms. The van der Waals surface area contributed by atoms with Crippen LogP contribution in [-0.4, -0.2) is 14.7 Å². The molecule has 2 N–H and O–H groups in total. The van der Waals surface area contributed by atoms with Gasteiger partial charge in [-0.3, -0.25) is 0 Å². The van der Waals surface area contributed by atoms with E-state index in [1.165, 1.54) is 12.1 Å². The molecule has 2 aromatic rings. The van der Waals surface area contributed by atoms with Crippen LogP contribution >= 0.6 is 11.6 Å². The number of benzene rings is 2. The molecule has 2 rings (SSSR count). The zero-order valence-electron chi connectivity index (χ0n) is 12.2. The van der Waals surface area contributed by atoms with Crippen LogP contribution in [0.4, 0.5) is 15.8 Å². The fourth-order valence-corrected chi connectivity index (χ4v) is 2.58. The summed E-state index contributed by atoms with van der Waals surface area (Å²) in [6.07, 6.45) is 1.09. The van der Waals surface area contributed by atoms with Crippen molar-refractivity contribution in [2.24, 2.45) is 0 Å². The largest absolute Gasteiger partial charge is 0.352 e. The Kier molecular flexibility index (Phi) is 5.05. The van der Waals surface area contributed by atoms with E-state index in [0.29, 0.717) is 11.3 Å². The Morgan fingerprint density at radius 2 is 1.95 bits per heavy atom. The van der Waals surface area contributed by atoms with Gasteiger partial charge in [-0.1, -0.05) is 35.4 Å². The minimum absolute atomic E-state index is 0.106. The lowest BCUT2D eigenvalue weighted by atomic mass is 10.1. The van der Waals surface area contributed by atoms with Gasteiger partial charge in [0.15, 0.2) is 0 Å². The second-order valence-corrected chi connectivity index (χ2v) is 7.22. The second kappa shape index (κ2) is 6.64. The molecular formula is C15H16ClFN2O2S. The van der Waals surface area contributed by atoms with Crippen LogP contribution < -0.4 is 10.0 Å². The van der Waals surface area contributed by atoms with Gasteiger partial charge in [-0.25, -0.2) is 17.5 Å². The Bertz CT molecular complexity index is 774. The van der Waals surface area contributed by atoms with Crippen LogP contribution in [0.15, 0.2) is 36.4 Å². The van der Waals surface area contributed by atoms with Crippen molar-refractivity contribution in [3.05, 3.63) is 58.4 Å². The summed E-state index contributed by atoms with van der Waals surface area (Å²) in [7, 11) is -3.32. The van der Waals surface area contributed by atoms with Gasteiger partial charge in [0.2, 0.25) is 10.0 Å². The summed E-state index contributed by atoms with van der Waals surface area (Å²) in [6, 6.07) is 9.84. The second-order valence-electron chi connectivity index (χ2n) is 4.98. The molecule has 0 heterocycles. The van der Waals surface area contributed by atoms with E-state index in [-0.39, 0.29) is 17.3 Å². The molecule has 0 aromatic heterocycles. The standard InChI is InChI=1S/C15H16ClFN2O2S/c1-10-6-7-14(11(8-10)9-18-22(2,20)21)19-15-12(16)4-3-5-13(15)17/h3-8,18-19H,9H2,1-2H3. The van der Waals surface area contributed by atoms with Crippen LogP contribution in [0.3, 0.4) is 0 Å². The average molecular weight is 343 g/mol. The fraction of sp³-hybridized carbons (Fsp3) is 0.200. The van der Waals surface area contributed by atoms with Gasteiger partial charge in [-0.2, -0.15) is 0 Å². The van der Waals surface area contributed by atoms with E-state index in [0.717, 1.165) is 11.8 Å². The van der Waals surface area contributed by atoms with Crippen molar-refractivity contribution in [1.82, 2.24) is 4.72 Å². The summed E-state index contributed by atoms with van der Waals surface area (Å²) >= 11 is 6.00. The molecule has 0 unspecified atom stereocenters. The topological polar surface area (TPSA) is 58.2 Å². The van der Waals surface area contributed by atoms with Gasteiger partial charge in [-0.05, 0) is 30.7 Å². The quantitative estimate of drug-likeness (QED) is 0.873. The third kappa shape index (κ3) is 4.43. The first-order valence-electron chi connectivity index (χ1n) is 6.51. The number of anilines is 2. The van der Waals surface area contributed by atoms with Crippen molar-refractivity contribution >= 4 is 33.0 Å². The Hall–Kier alpha value is -1.63. The normalized spacial score (nSPS) is 11.5. The van der Waals surface area contributed by atoms with Gasteiger partial charge in [-0.15, -0.1) is 0 Å². The van der Waals surface area contributed by atoms with Gasteiger partial charge < -0.3 is 5.32 Å². The Morgan fingerprint density at radius 1 is 1.23 bits per heavy atom. The van der Waals surface area contributed by atoms with Crippen LogP contribution in [0.5, 0.6) is 0 Å². The van der Waals surface area contributed by atoms with E-state index < -0.39 is 15.8 Å². The molecule has 0 aliphatic heterocycles. The maximum absolute atomic E-state index is 13.9. The minimum atomic E-state index is -3.32. The molecule has 0 radical (unpaired) electrons. The number of rotatable bonds is 5. The molecule has 0 amide bonds. The number of hydrogen-bond acceptors (Lipinski definition) is 3. The first-order chi connectivity index (χ1) is 10.3. The molecule has 0 aliphatic rings. The lowest BCUT2D eigenvalue weighted by Gasteiger charge is -2.15. The predicted octanol–water partition coefficient (Wildman–Crippen LogP) is 3.58. The summed E-state index contributed by atoms with van der Waals surface area (Å²) in [6.45, 7) is 2.00. The molecule has 22 heavy (non-hydrogen) atoms. The van der Waals surface area contributed by atoms with Gasteiger partial charge in [0.25, 0.3) is 0 Å². The Labute approximate surface area is 134 Å². The van der Waals surface area contributed by atoms with Crippen LogP contribution in [0.25, 0.3) is 0 Å². The zero-order valence-corrected chi connectivity index (χ0v) is 13.7. The van der Waals surface area contributed by atoms with E-state index in [4.69, 9.17) is 11.6 Å². The molecule has 0 fully saturated rings. The van der Waals surface area contributed by atoms with E-state index in [2.05, 4.69) is 10.0 Å². The van der Waals surface area contributed by atoms with Crippen molar-refractivity contribution in [2.75, 3.05) is 11.6 Å². The van der Waals surface area contributed by atoms with E-state index in [9.17, 15) is 12.8 Å². The molecule has 0 saturated carbocycles. The van der Waals surface area contributed by atoms with Crippen LogP contribution in [-0.2, 0) is 16.6 Å². The average Bonchev–Trinajstić information content (AvgIpc) is 2.42. The van der Waals surface area contributed by atoms with Crippen molar-refractivity contribution in [3.8, 4) is 0 Å². The van der Waals surface area contributed by atoms with Crippen LogP contribution in [0.1, 0.15) is 11.1 Å². The summed E-state index contributed by atoms with van der Waals surface area (Å²) in [5, 5.41) is 3.18. The predicted molar refractivity (Wildman–Crippen MR) is 87.6 cm³/mol. The Balaban J connectivity index is 2.34. The summed E-state index contributed by atoms with van der Waals surface area (Å²) < 4.78 is 38.8. The lowest BCUT2D eigenvalue weighted by molar-refractivity contribution is 0.587. The van der Waals surface area contributed by atoms with Crippen LogP contribution in [0.2, 0.25) is 5.02 Å². The Morgan fingerprint density at radius 3 is 2.59 bits per heavy atom. The lowest BCUT2D eigenvalue weighted by Crippen LogP contribution is -2.21. The smallest absolute Gasteiger partial charge is 0.209 e. The van der Waals surface area contributed by atoms with Crippen molar-refractivity contribution in [1.29, 1.82) is 0 Å². The highest BCUT2D eigenvalue weighted by Crippen LogP contribution is 2.30. The number of sulfonamides is 1. The highest BCUT2D eigenvalue weighted by molar-refractivity contribution is 7.88. The summed E-state index contributed by atoms with van der Waals surface area (Å²) in [5.74, 6) is -0.477. The molecule has 0 aliphatic carbocycles. The first kappa shape index (κ1) is 16.7. The maximum atomic E-state index is 13.9. The molecule has 0 spiro atoms. The van der Waals surface area contributed by atoms with E-state index in [1.54, 1.807) is 12.1 Å². The number of aryl methyl sites for hydroxylation is 1. The monoisotopic (exact) mass is 342 g/mol. The van der Waals surface area contributed by atoms with Gasteiger partial charge in [0, 0.05) is 12.2 Å². The van der Waals surface area contributed by atoms with Gasteiger partial charge in [0.05, 0.1) is 17.0 Å². The maximum Gasteiger partial charge on any atom is 0.209 e. The van der Waals surface area contributed by atoms with Crippen molar-refractivity contribution in [2.45, 2.75) is 13.5 Å². The number of nitrogens with one attached hydrogen (secondary N) is 2. The zero-order chi connectivity index (χ0) is 16.3. The highest BCUT2D eigenvalue weighted by atomic mass is 35.5. The minimum Gasteiger partial charge on any atom is -0.352 e. The summed E-state index contributed by atoms with van der Waals surface area (Å²) in [4.78, 5) is 0. The number of para-hydroxylation sites is 1. The van der Waals surface area contributed by atoms with Crippen molar-refractivity contribution < 1.29 is 12.8 Å². The molecule has 4 nitrogen and oxygen atoms in total. The molecule has 0 bridgehead atoms. The third-order valence-electron chi connectivity index (χ3n) is 3.01. The fourth-order valence-electron chi connectivity index (χ4n) is 1.95. The molecule has 2 aromatic carbocycles. The van der Waals surface area contributed by atoms with Crippen LogP contribution in [0, 0.1) is 12.7 Å². The number of halogens is 2. The number of hydrogen-bond donors (Lipinski definition) is 2. The molecule has 0 saturated heterocycles. The highest BCUT2D eigenvalue weighted by Gasteiger charge is 2.11. The van der Waals surface area contributed by atoms with Gasteiger partial charge >= 0.3 is 0 Å². The van der Waals surface area contributed by atoms with Gasteiger partial charge in [0.1, 0.15) is 5.82 Å².